The average Bonchev–Trinajstić information content (AvgIpc) is 2.53. The summed E-state index contributed by atoms with van der Waals surface area (Å²) in [6.45, 7) is 5.82. The molecule has 0 fully saturated rings. The summed E-state index contributed by atoms with van der Waals surface area (Å²) < 4.78 is 0. The topological polar surface area (TPSA) is 89.9 Å². The van der Waals surface area contributed by atoms with Crippen molar-refractivity contribution < 1.29 is 0 Å². The van der Waals surface area contributed by atoms with E-state index in [0.717, 1.165) is 0 Å². The summed E-state index contributed by atoms with van der Waals surface area (Å²) in [6, 6.07) is 0. The molecule has 20 heavy (non-hydrogen) atoms. The molecular formula is C14H16N6. The molecule has 0 aliphatic rings. The Balaban J connectivity index is 0.000000704. The van der Waals surface area contributed by atoms with Gasteiger partial charge in [-0.05, 0) is 6.92 Å². The molecule has 6 nitrogen and oxygen atoms in total. The molecular weight excluding hydrogens is 252 g/mol. The molecule has 0 radical (unpaired) electrons. The highest BCUT2D eigenvalue weighted by Crippen LogP contribution is 2.35. The highest BCUT2D eigenvalue weighted by atomic mass is 14.9. The van der Waals surface area contributed by atoms with Crippen LogP contribution < -0.4 is 5.73 Å². The van der Waals surface area contributed by atoms with E-state index in [0.29, 0.717) is 33.4 Å². The van der Waals surface area contributed by atoms with Crippen molar-refractivity contribution in [2.45, 2.75) is 20.8 Å². The van der Waals surface area contributed by atoms with Crippen LogP contribution in [0.3, 0.4) is 0 Å². The fraction of sp³-hybridized carbons (Fsp3) is 0.214. The Bertz CT molecular complexity index is 766. The fourth-order valence-corrected chi connectivity index (χ4v) is 1.89. The molecule has 2 N–H and O–H groups in total. The molecule has 0 bridgehead atoms. The lowest BCUT2D eigenvalue weighted by atomic mass is 10.1. The third-order valence-corrected chi connectivity index (χ3v) is 2.61. The normalized spacial score (nSPS) is 10.8. The smallest absolute Gasteiger partial charge is 0.119 e. The Morgan fingerprint density at radius 2 is 1.30 bits per heavy atom. The Morgan fingerprint density at radius 1 is 0.850 bits per heavy atom. The molecule has 0 atom stereocenters. The average molecular weight is 268 g/mol. The number of benzene rings is 1. The summed E-state index contributed by atoms with van der Waals surface area (Å²) in [4.78, 5) is 21.4. The third kappa shape index (κ3) is 2.16. The number of aliphatic imine (C=N–C) groups is 1. The maximum atomic E-state index is 6.09. The zero-order chi connectivity index (χ0) is 14.5. The summed E-state index contributed by atoms with van der Waals surface area (Å²) in [6.07, 6.45) is 8.10. The van der Waals surface area contributed by atoms with E-state index in [1.165, 1.54) is 0 Å². The van der Waals surface area contributed by atoms with Gasteiger partial charge in [0.15, 0.2) is 0 Å². The summed E-state index contributed by atoms with van der Waals surface area (Å²) in [5.41, 5.74) is 9.71. The second-order valence-corrected chi connectivity index (χ2v) is 3.66. The molecule has 6 heteroatoms. The van der Waals surface area contributed by atoms with E-state index < -0.39 is 0 Å². The Kier molecular flexibility index (Phi) is 4.14. The summed E-state index contributed by atoms with van der Waals surface area (Å²) in [5, 5.41) is 0. The first-order valence-corrected chi connectivity index (χ1v) is 6.44. The van der Waals surface area contributed by atoms with E-state index in [9.17, 15) is 0 Å². The largest absolute Gasteiger partial charge is 0.395 e. The number of nitrogens with two attached hydrogens (primary N) is 1. The minimum absolute atomic E-state index is 0.476. The van der Waals surface area contributed by atoms with Gasteiger partial charge in [-0.3, -0.25) is 24.9 Å². The van der Waals surface area contributed by atoms with Gasteiger partial charge in [0.05, 0.1) is 5.69 Å². The first kappa shape index (κ1) is 13.8. The lowest BCUT2D eigenvalue weighted by Gasteiger charge is -2.07. The van der Waals surface area contributed by atoms with Crippen LogP contribution in [-0.4, -0.2) is 26.2 Å². The number of nitrogen functional groups attached to an aromatic ring is 1. The van der Waals surface area contributed by atoms with E-state index >= 15 is 0 Å². The number of hydrogen-bond acceptors (Lipinski definition) is 6. The van der Waals surface area contributed by atoms with E-state index in [1.807, 2.05) is 20.8 Å². The molecule has 0 aliphatic carbocycles. The molecule has 0 saturated heterocycles. The number of anilines is 1. The summed E-state index contributed by atoms with van der Waals surface area (Å²) in [7, 11) is 0. The van der Waals surface area contributed by atoms with E-state index in [2.05, 4.69) is 24.9 Å². The molecule has 0 saturated carbocycles. The fourth-order valence-electron chi connectivity index (χ4n) is 1.89. The van der Waals surface area contributed by atoms with Crippen LogP contribution in [0.2, 0.25) is 0 Å². The molecule has 2 aromatic heterocycles. The number of rotatable bonds is 1. The van der Waals surface area contributed by atoms with Gasteiger partial charge < -0.3 is 5.73 Å². The van der Waals surface area contributed by atoms with Crippen molar-refractivity contribution in [3.8, 4) is 0 Å². The lowest BCUT2D eigenvalue weighted by Crippen LogP contribution is -1.96. The van der Waals surface area contributed by atoms with Crippen LogP contribution in [-0.2, 0) is 0 Å². The highest BCUT2D eigenvalue weighted by molar-refractivity contribution is 6.13. The van der Waals surface area contributed by atoms with Gasteiger partial charge in [-0.1, -0.05) is 13.8 Å². The monoisotopic (exact) mass is 268 g/mol. The maximum Gasteiger partial charge on any atom is 0.119 e. The van der Waals surface area contributed by atoms with Crippen LogP contribution in [0.5, 0.6) is 0 Å². The quantitative estimate of drug-likeness (QED) is 0.416. The van der Waals surface area contributed by atoms with Crippen molar-refractivity contribution in [2.24, 2.45) is 4.99 Å². The lowest BCUT2D eigenvalue weighted by molar-refractivity contribution is 1.26. The molecule has 1 aromatic carbocycles. The van der Waals surface area contributed by atoms with Gasteiger partial charge in [0.1, 0.15) is 27.8 Å². The molecule has 102 valence electrons. The zero-order valence-corrected chi connectivity index (χ0v) is 11.7. The van der Waals surface area contributed by atoms with Gasteiger partial charge in [0.25, 0.3) is 0 Å². The Labute approximate surface area is 116 Å². The SMILES string of the molecule is CC.CC=Nc1c(N)c2nccnc2c2nccnc12. The first-order chi connectivity index (χ1) is 9.83. The molecule has 0 amide bonds. The van der Waals surface area contributed by atoms with Crippen molar-refractivity contribution in [1.29, 1.82) is 0 Å². The second-order valence-electron chi connectivity index (χ2n) is 3.66. The Hall–Kier alpha value is -2.63. The van der Waals surface area contributed by atoms with Crippen molar-refractivity contribution in [3.05, 3.63) is 24.8 Å². The number of fused-ring (bicyclic) bond motifs is 3. The maximum absolute atomic E-state index is 6.09. The second kappa shape index (κ2) is 6.01. The van der Waals surface area contributed by atoms with Crippen LogP contribution in [0.25, 0.3) is 22.1 Å². The minimum atomic E-state index is 0.476. The summed E-state index contributed by atoms with van der Waals surface area (Å²) in [5.74, 6) is 0. The molecule has 2 heterocycles. The predicted molar refractivity (Wildman–Crippen MR) is 82.2 cm³/mol. The zero-order valence-electron chi connectivity index (χ0n) is 11.7. The van der Waals surface area contributed by atoms with E-state index in [-0.39, 0.29) is 0 Å². The Morgan fingerprint density at radius 3 is 1.85 bits per heavy atom. The number of aromatic nitrogens is 4. The molecule has 0 unspecified atom stereocenters. The van der Waals surface area contributed by atoms with Crippen LogP contribution in [0.4, 0.5) is 11.4 Å². The van der Waals surface area contributed by atoms with Gasteiger partial charge in [-0.2, -0.15) is 0 Å². The molecule has 0 aliphatic heterocycles. The molecule has 0 spiro atoms. The molecule has 3 aromatic rings. The first-order valence-electron chi connectivity index (χ1n) is 6.44. The highest BCUT2D eigenvalue weighted by Gasteiger charge is 2.14. The van der Waals surface area contributed by atoms with E-state index in [4.69, 9.17) is 5.73 Å². The van der Waals surface area contributed by atoms with Crippen molar-refractivity contribution in [3.63, 3.8) is 0 Å². The minimum Gasteiger partial charge on any atom is -0.395 e. The van der Waals surface area contributed by atoms with Gasteiger partial charge in [0.2, 0.25) is 0 Å². The van der Waals surface area contributed by atoms with Crippen molar-refractivity contribution >= 4 is 39.7 Å². The van der Waals surface area contributed by atoms with Crippen molar-refractivity contribution in [2.75, 3.05) is 5.73 Å². The van der Waals surface area contributed by atoms with Gasteiger partial charge >= 0.3 is 0 Å². The standard InChI is InChI=1S/C12H10N6.C2H6/c1-2-14-8-7(13)9-11(17-4-3-15-9)12-10(8)16-5-6-18-12;1-2/h2-6H,13H2,1H3;1-2H3. The van der Waals surface area contributed by atoms with E-state index in [1.54, 1.807) is 31.0 Å². The van der Waals surface area contributed by atoms with Crippen LogP contribution >= 0.6 is 0 Å². The van der Waals surface area contributed by atoms with Gasteiger partial charge in [-0.25, -0.2) is 0 Å². The van der Waals surface area contributed by atoms with Crippen LogP contribution in [0, 0.1) is 0 Å². The van der Waals surface area contributed by atoms with Gasteiger partial charge in [0, 0.05) is 31.0 Å². The number of nitrogens with zero attached hydrogens (tertiary/aromatic N) is 5. The van der Waals surface area contributed by atoms with Gasteiger partial charge in [-0.15, -0.1) is 0 Å². The molecule has 3 rings (SSSR count). The van der Waals surface area contributed by atoms with Crippen LogP contribution in [0.15, 0.2) is 29.8 Å². The number of hydrogen-bond donors (Lipinski definition) is 1. The predicted octanol–water partition coefficient (Wildman–Crippen LogP) is 2.90. The van der Waals surface area contributed by atoms with Crippen molar-refractivity contribution in [1.82, 2.24) is 19.9 Å². The summed E-state index contributed by atoms with van der Waals surface area (Å²) >= 11 is 0. The third-order valence-electron chi connectivity index (χ3n) is 2.61. The van der Waals surface area contributed by atoms with Crippen LogP contribution in [0.1, 0.15) is 20.8 Å².